The summed E-state index contributed by atoms with van der Waals surface area (Å²) in [4.78, 5) is 18.2. The van der Waals surface area contributed by atoms with E-state index in [2.05, 4.69) is 9.88 Å². The van der Waals surface area contributed by atoms with E-state index in [1.165, 1.54) is 0 Å². The Morgan fingerprint density at radius 3 is 2.96 bits per heavy atom. The van der Waals surface area contributed by atoms with Gasteiger partial charge >= 0.3 is 0 Å². The minimum atomic E-state index is -0.790. The summed E-state index contributed by atoms with van der Waals surface area (Å²) in [5, 5.41) is 0.591. The van der Waals surface area contributed by atoms with Crippen LogP contribution in [-0.2, 0) is 16.1 Å². The third-order valence-corrected chi connectivity index (χ3v) is 4.47. The van der Waals surface area contributed by atoms with E-state index in [4.69, 9.17) is 26.8 Å². The van der Waals surface area contributed by atoms with Crippen LogP contribution < -0.4 is 10.5 Å². The van der Waals surface area contributed by atoms with Crippen molar-refractivity contribution in [1.82, 2.24) is 9.88 Å². The summed E-state index contributed by atoms with van der Waals surface area (Å²) in [5.41, 5.74) is 5.65. The molecule has 2 heterocycles. The Labute approximate surface area is 157 Å². The van der Waals surface area contributed by atoms with Crippen LogP contribution in [0, 0.1) is 0 Å². The first-order valence-corrected chi connectivity index (χ1v) is 8.85. The van der Waals surface area contributed by atoms with Gasteiger partial charge in [-0.1, -0.05) is 23.7 Å². The molecule has 2 aromatic rings. The first-order valence-electron chi connectivity index (χ1n) is 8.48. The summed E-state index contributed by atoms with van der Waals surface area (Å²) in [6, 6.07) is 13.0. The number of rotatable bonds is 7. The summed E-state index contributed by atoms with van der Waals surface area (Å²) in [6.07, 6.45) is 1.86. The van der Waals surface area contributed by atoms with Gasteiger partial charge in [-0.25, -0.2) is 0 Å². The van der Waals surface area contributed by atoms with Gasteiger partial charge in [-0.05, 0) is 30.3 Å². The summed E-state index contributed by atoms with van der Waals surface area (Å²) in [5.74, 6) is 0.214. The normalized spacial score (nSPS) is 20.7. The Balaban J connectivity index is 1.70. The number of carbonyl (C=O) groups is 1. The van der Waals surface area contributed by atoms with E-state index < -0.39 is 11.5 Å². The molecule has 1 fully saturated rings. The number of morpholine rings is 1. The number of aromatic nitrogens is 1. The van der Waals surface area contributed by atoms with Crippen LogP contribution in [0.2, 0.25) is 5.02 Å². The van der Waals surface area contributed by atoms with Crippen molar-refractivity contribution in [2.45, 2.75) is 18.6 Å². The first kappa shape index (κ1) is 18.6. The van der Waals surface area contributed by atoms with Crippen LogP contribution in [0.5, 0.6) is 5.75 Å². The second-order valence-electron chi connectivity index (χ2n) is 6.45. The fourth-order valence-corrected chi connectivity index (χ4v) is 3.29. The highest BCUT2D eigenvalue weighted by Crippen LogP contribution is 2.26. The maximum atomic E-state index is 11.6. The third-order valence-electron chi connectivity index (χ3n) is 4.23. The van der Waals surface area contributed by atoms with Gasteiger partial charge in [0.1, 0.15) is 18.0 Å². The van der Waals surface area contributed by atoms with E-state index in [1.807, 2.05) is 30.3 Å². The lowest BCUT2D eigenvalue weighted by Crippen LogP contribution is -2.56. The molecule has 2 N–H and O–H groups in total. The number of amides is 1. The molecule has 7 heteroatoms. The molecule has 0 radical (unpaired) electrons. The van der Waals surface area contributed by atoms with Gasteiger partial charge in [0.2, 0.25) is 5.91 Å². The molecule has 1 unspecified atom stereocenters. The monoisotopic (exact) mass is 375 g/mol. The number of ether oxygens (including phenoxy) is 2. The van der Waals surface area contributed by atoms with Crippen molar-refractivity contribution >= 4 is 17.5 Å². The third kappa shape index (κ3) is 5.17. The van der Waals surface area contributed by atoms with Gasteiger partial charge in [0.25, 0.3) is 0 Å². The van der Waals surface area contributed by atoms with Crippen LogP contribution in [-0.4, -0.2) is 47.7 Å². The van der Waals surface area contributed by atoms with Gasteiger partial charge in [-0.2, -0.15) is 0 Å². The minimum Gasteiger partial charge on any atom is -0.490 e. The molecule has 1 aromatic heterocycles. The molecule has 1 aliphatic rings. The molecule has 0 aliphatic carbocycles. The molecule has 6 nitrogen and oxygen atoms in total. The van der Waals surface area contributed by atoms with Crippen LogP contribution in [0.3, 0.4) is 0 Å². The van der Waals surface area contributed by atoms with Crippen LogP contribution in [0.1, 0.15) is 12.1 Å². The van der Waals surface area contributed by atoms with E-state index in [0.717, 1.165) is 12.2 Å². The Bertz CT molecular complexity index is 744. The standard InChI is InChI=1S/C19H22ClN3O3/c20-15-4-3-6-17(10-15)25-14-19(11-18(21)24)13-23(8-9-26-19)12-16-5-1-2-7-22-16/h1-7,10H,8-9,11-14H2,(H2,21,24). The molecular formula is C19H22ClN3O3. The molecule has 1 aromatic carbocycles. The number of pyridine rings is 1. The SMILES string of the molecule is NC(=O)CC1(COc2cccc(Cl)c2)CN(Cc2ccccn2)CCO1. The van der Waals surface area contributed by atoms with E-state index in [9.17, 15) is 4.79 Å². The highest BCUT2D eigenvalue weighted by atomic mass is 35.5. The quantitative estimate of drug-likeness (QED) is 0.803. The van der Waals surface area contributed by atoms with Crippen molar-refractivity contribution in [3.05, 3.63) is 59.4 Å². The van der Waals surface area contributed by atoms with Gasteiger partial charge in [-0.3, -0.25) is 14.7 Å². The second kappa shape index (κ2) is 8.49. The largest absolute Gasteiger partial charge is 0.490 e. The zero-order valence-electron chi connectivity index (χ0n) is 14.4. The van der Waals surface area contributed by atoms with Gasteiger partial charge < -0.3 is 15.2 Å². The maximum Gasteiger partial charge on any atom is 0.220 e. The molecular weight excluding hydrogens is 354 g/mol. The number of halogens is 1. The molecule has 1 amide bonds. The number of benzene rings is 1. The summed E-state index contributed by atoms with van der Waals surface area (Å²) < 4.78 is 11.8. The average Bonchev–Trinajstić information content (AvgIpc) is 2.61. The van der Waals surface area contributed by atoms with Crippen molar-refractivity contribution in [1.29, 1.82) is 0 Å². The van der Waals surface area contributed by atoms with Gasteiger partial charge in [-0.15, -0.1) is 0 Å². The highest BCUT2D eigenvalue weighted by molar-refractivity contribution is 6.30. The van der Waals surface area contributed by atoms with E-state index in [1.54, 1.807) is 18.3 Å². The lowest BCUT2D eigenvalue weighted by Gasteiger charge is -2.41. The van der Waals surface area contributed by atoms with Crippen LogP contribution >= 0.6 is 11.6 Å². The molecule has 0 saturated carbocycles. The number of nitrogens with two attached hydrogens (primary N) is 1. The van der Waals surface area contributed by atoms with Crippen LogP contribution in [0.25, 0.3) is 0 Å². The van der Waals surface area contributed by atoms with Gasteiger partial charge in [0, 0.05) is 30.9 Å². The zero-order chi connectivity index (χ0) is 18.4. The molecule has 1 aliphatic heterocycles. The molecule has 1 atom stereocenters. The number of hydrogen-bond acceptors (Lipinski definition) is 5. The Hall–Kier alpha value is -2.15. The second-order valence-corrected chi connectivity index (χ2v) is 6.89. The fourth-order valence-electron chi connectivity index (χ4n) is 3.11. The minimum absolute atomic E-state index is 0.0896. The number of carbonyl (C=O) groups excluding carboxylic acids is 1. The molecule has 138 valence electrons. The molecule has 26 heavy (non-hydrogen) atoms. The number of primary amides is 1. The van der Waals surface area contributed by atoms with Crippen molar-refractivity contribution < 1.29 is 14.3 Å². The van der Waals surface area contributed by atoms with Crippen LogP contribution in [0.4, 0.5) is 0 Å². The Morgan fingerprint density at radius 1 is 1.35 bits per heavy atom. The number of hydrogen-bond donors (Lipinski definition) is 1. The van der Waals surface area contributed by atoms with Crippen LogP contribution in [0.15, 0.2) is 48.7 Å². The number of nitrogens with zero attached hydrogens (tertiary/aromatic N) is 2. The lowest BCUT2D eigenvalue weighted by atomic mass is 9.97. The van der Waals surface area contributed by atoms with E-state index in [-0.39, 0.29) is 13.0 Å². The first-order chi connectivity index (χ1) is 12.5. The van der Waals surface area contributed by atoms with Gasteiger partial charge in [0.15, 0.2) is 0 Å². The smallest absolute Gasteiger partial charge is 0.220 e. The van der Waals surface area contributed by atoms with E-state index >= 15 is 0 Å². The molecule has 1 saturated heterocycles. The Kier molecular flexibility index (Phi) is 6.08. The summed E-state index contributed by atoms with van der Waals surface area (Å²) >= 11 is 6.00. The van der Waals surface area contributed by atoms with Crippen molar-refractivity contribution in [3.8, 4) is 5.75 Å². The Morgan fingerprint density at radius 2 is 2.23 bits per heavy atom. The molecule has 0 spiro atoms. The van der Waals surface area contributed by atoms with Crippen molar-refractivity contribution in [3.63, 3.8) is 0 Å². The topological polar surface area (TPSA) is 77.7 Å². The van der Waals surface area contributed by atoms with Crippen molar-refractivity contribution in [2.75, 3.05) is 26.3 Å². The van der Waals surface area contributed by atoms with E-state index in [0.29, 0.717) is 30.5 Å². The van der Waals surface area contributed by atoms with Gasteiger partial charge in [0.05, 0.1) is 18.7 Å². The maximum absolute atomic E-state index is 11.6. The highest BCUT2D eigenvalue weighted by Gasteiger charge is 2.39. The molecule has 0 bridgehead atoms. The zero-order valence-corrected chi connectivity index (χ0v) is 15.2. The average molecular weight is 376 g/mol. The molecule has 3 rings (SSSR count). The predicted molar refractivity (Wildman–Crippen MR) is 99.0 cm³/mol. The fraction of sp³-hybridized carbons (Fsp3) is 0.368. The summed E-state index contributed by atoms with van der Waals surface area (Å²) in [6.45, 7) is 2.69. The predicted octanol–water partition coefficient (Wildman–Crippen LogP) is 2.26. The lowest BCUT2D eigenvalue weighted by molar-refractivity contribution is -0.148. The van der Waals surface area contributed by atoms with Crippen molar-refractivity contribution in [2.24, 2.45) is 5.73 Å². The summed E-state index contributed by atoms with van der Waals surface area (Å²) in [7, 11) is 0.